The van der Waals surface area contributed by atoms with Crippen molar-refractivity contribution in [3.05, 3.63) is 80.4 Å². The van der Waals surface area contributed by atoms with Crippen molar-refractivity contribution in [1.82, 2.24) is 9.13 Å². The largest absolute Gasteiger partial charge is 0.507 e. The van der Waals surface area contributed by atoms with Crippen LogP contribution < -0.4 is 11.1 Å². The second-order valence-corrected chi connectivity index (χ2v) is 7.62. The van der Waals surface area contributed by atoms with Crippen LogP contribution in [0.3, 0.4) is 0 Å². The summed E-state index contributed by atoms with van der Waals surface area (Å²) in [6, 6.07) is 14.3. The monoisotopic (exact) mass is 418 g/mol. The van der Waals surface area contributed by atoms with Crippen LogP contribution in [0.4, 0.5) is 0 Å². The number of nitrogens with zero attached hydrogens (tertiary/aromatic N) is 2. The summed E-state index contributed by atoms with van der Waals surface area (Å²) in [4.78, 5) is 26.9. The first kappa shape index (κ1) is 20.7. The smallest absolute Gasteiger partial charge is 0.258 e. The summed E-state index contributed by atoms with van der Waals surface area (Å²) in [6.07, 6.45) is 0.371. The molecule has 0 aliphatic rings. The molecule has 31 heavy (non-hydrogen) atoms. The van der Waals surface area contributed by atoms with E-state index in [4.69, 9.17) is 0 Å². The predicted molar refractivity (Wildman–Crippen MR) is 123 cm³/mol. The Bertz CT molecular complexity index is 1310. The maximum Gasteiger partial charge on any atom is 0.258 e. The molecule has 0 saturated carbocycles. The molecule has 0 fully saturated rings. The van der Waals surface area contributed by atoms with Gasteiger partial charge in [-0.25, -0.2) is 0 Å². The number of pyridine rings is 2. The molecule has 0 spiro atoms. The minimum absolute atomic E-state index is 0.132. The lowest BCUT2D eigenvalue weighted by atomic mass is 9.87. The maximum absolute atomic E-state index is 13.5. The van der Waals surface area contributed by atoms with E-state index in [2.05, 4.69) is 0 Å². The zero-order chi connectivity index (χ0) is 22.3. The Hall–Kier alpha value is -3.54. The highest BCUT2D eigenvalue weighted by molar-refractivity contribution is 5.88. The van der Waals surface area contributed by atoms with Crippen LogP contribution >= 0.6 is 0 Å². The molecule has 6 nitrogen and oxygen atoms in total. The van der Waals surface area contributed by atoms with E-state index in [0.717, 1.165) is 0 Å². The highest BCUT2D eigenvalue weighted by Gasteiger charge is 2.29. The van der Waals surface area contributed by atoms with Gasteiger partial charge in [-0.05, 0) is 44.5 Å². The van der Waals surface area contributed by atoms with Gasteiger partial charge < -0.3 is 19.3 Å². The van der Waals surface area contributed by atoms with Crippen LogP contribution in [0, 0.1) is 0 Å². The Morgan fingerprint density at radius 2 is 1.10 bits per heavy atom. The van der Waals surface area contributed by atoms with Gasteiger partial charge in [0.1, 0.15) is 11.5 Å². The van der Waals surface area contributed by atoms with E-state index < -0.39 is 5.92 Å². The summed E-state index contributed by atoms with van der Waals surface area (Å²) in [6.45, 7) is 6.43. The van der Waals surface area contributed by atoms with Gasteiger partial charge in [0.05, 0.1) is 22.2 Å². The lowest BCUT2D eigenvalue weighted by Crippen LogP contribution is -2.30. The molecule has 4 aromatic rings. The summed E-state index contributed by atoms with van der Waals surface area (Å²) < 4.78 is 3.20. The van der Waals surface area contributed by atoms with Crippen molar-refractivity contribution in [1.29, 1.82) is 0 Å². The number of aromatic nitrogens is 2. The molecule has 2 N–H and O–H groups in total. The van der Waals surface area contributed by atoms with Crippen molar-refractivity contribution in [2.45, 2.75) is 46.2 Å². The SMILES string of the molecule is CCC(c1c(O)c2ccccc2n(CC)c1=O)c1c(O)c2ccccc2n(CC)c1=O. The summed E-state index contributed by atoms with van der Waals surface area (Å²) in [5.41, 5.74) is 0.877. The molecule has 160 valence electrons. The number of aryl methyl sites for hydroxylation is 2. The number of benzene rings is 2. The molecule has 0 bridgehead atoms. The van der Waals surface area contributed by atoms with Gasteiger partial charge in [0.15, 0.2) is 0 Å². The van der Waals surface area contributed by atoms with Crippen LogP contribution in [-0.4, -0.2) is 19.3 Å². The minimum atomic E-state index is -0.746. The summed E-state index contributed by atoms with van der Waals surface area (Å²) in [5, 5.41) is 23.4. The van der Waals surface area contributed by atoms with Gasteiger partial charge in [-0.3, -0.25) is 9.59 Å². The quantitative estimate of drug-likeness (QED) is 0.506. The molecular weight excluding hydrogens is 392 g/mol. The third-order valence-electron chi connectivity index (χ3n) is 6.10. The Labute approximate surface area is 179 Å². The Morgan fingerprint density at radius 1 is 0.710 bits per heavy atom. The van der Waals surface area contributed by atoms with E-state index >= 15 is 0 Å². The molecule has 2 aromatic heterocycles. The first-order valence-corrected chi connectivity index (χ1v) is 10.6. The zero-order valence-electron chi connectivity index (χ0n) is 17.9. The van der Waals surface area contributed by atoms with Gasteiger partial charge in [-0.2, -0.15) is 0 Å². The topological polar surface area (TPSA) is 84.5 Å². The average molecular weight is 418 g/mol. The third kappa shape index (κ3) is 3.02. The van der Waals surface area contributed by atoms with Crippen LogP contribution in [0.15, 0.2) is 58.1 Å². The molecule has 6 heteroatoms. The van der Waals surface area contributed by atoms with Gasteiger partial charge in [0.25, 0.3) is 11.1 Å². The van der Waals surface area contributed by atoms with Crippen LogP contribution in [-0.2, 0) is 13.1 Å². The number of hydrogen-bond donors (Lipinski definition) is 2. The molecular formula is C25H26N2O4. The molecule has 0 unspecified atom stereocenters. The van der Waals surface area contributed by atoms with E-state index in [9.17, 15) is 19.8 Å². The molecule has 0 aliphatic heterocycles. The second kappa shape index (κ2) is 7.95. The van der Waals surface area contributed by atoms with Crippen LogP contribution in [0.2, 0.25) is 0 Å². The van der Waals surface area contributed by atoms with Gasteiger partial charge in [-0.1, -0.05) is 31.2 Å². The van der Waals surface area contributed by atoms with Crippen molar-refractivity contribution in [2.24, 2.45) is 0 Å². The van der Waals surface area contributed by atoms with Crippen molar-refractivity contribution in [2.75, 3.05) is 0 Å². The number of aromatic hydroxyl groups is 2. The zero-order valence-corrected chi connectivity index (χ0v) is 17.9. The van der Waals surface area contributed by atoms with E-state index in [1.807, 2.05) is 32.9 Å². The van der Waals surface area contributed by atoms with Crippen LogP contribution in [0.1, 0.15) is 44.2 Å². The minimum Gasteiger partial charge on any atom is -0.507 e. The Morgan fingerprint density at radius 3 is 1.45 bits per heavy atom. The average Bonchev–Trinajstić information content (AvgIpc) is 2.78. The van der Waals surface area contributed by atoms with Crippen molar-refractivity contribution in [3.8, 4) is 11.5 Å². The standard InChI is InChI=1S/C25H26N2O4/c1-4-15(20-22(28)16-11-7-9-13-18(16)26(5-2)24(20)30)21-23(29)17-12-8-10-14-19(17)27(6-3)25(21)31/h7-15,28-29H,4-6H2,1-3H3. The van der Waals surface area contributed by atoms with Gasteiger partial charge >= 0.3 is 0 Å². The fourth-order valence-electron chi connectivity index (χ4n) is 4.63. The van der Waals surface area contributed by atoms with E-state index in [0.29, 0.717) is 41.3 Å². The molecule has 2 heterocycles. The third-order valence-corrected chi connectivity index (χ3v) is 6.10. The first-order valence-electron chi connectivity index (χ1n) is 10.6. The molecule has 0 radical (unpaired) electrons. The first-order chi connectivity index (χ1) is 15.0. The molecule has 2 aromatic carbocycles. The molecule has 0 amide bonds. The number of para-hydroxylation sites is 2. The lowest BCUT2D eigenvalue weighted by Gasteiger charge is -2.22. The van der Waals surface area contributed by atoms with Gasteiger partial charge in [0, 0.05) is 29.8 Å². The van der Waals surface area contributed by atoms with Crippen LogP contribution in [0.5, 0.6) is 11.5 Å². The Kier molecular flexibility index (Phi) is 5.31. The van der Waals surface area contributed by atoms with E-state index in [1.165, 1.54) is 0 Å². The van der Waals surface area contributed by atoms with E-state index in [-0.39, 0.29) is 33.7 Å². The van der Waals surface area contributed by atoms with Gasteiger partial charge in [-0.15, -0.1) is 0 Å². The van der Waals surface area contributed by atoms with Crippen LogP contribution in [0.25, 0.3) is 21.8 Å². The maximum atomic E-state index is 13.5. The number of rotatable bonds is 5. The normalized spacial score (nSPS) is 11.6. The summed E-state index contributed by atoms with van der Waals surface area (Å²) >= 11 is 0. The second-order valence-electron chi connectivity index (χ2n) is 7.62. The summed E-state index contributed by atoms with van der Waals surface area (Å²) in [7, 11) is 0. The highest BCUT2D eigenvalue weighted by Crippen LogP contribution is 2.39. The molecule has 0 aliphatic carbocycles. The molecule has 4 rings (SSSR count). The summed E-state index contributed by atoms with van der Waals surface area (Å²) in [5.74, 6) is -1.01. The Balaban J connectivity index is 2.13. The van der Waals surface area contributed by atoms with Crippen molar-refractivity contribution in [3.63, 3.8) is 0 Å². The number of fused-ring (bicyclic) bond motifs is 2. The lowest BCUT2D eigenvalue weighted by molar-refractivity contribution is 0.452. The van der Waals surface area contributed by atoms with Gasteiger partial charge in [0.2, 0.25) is 0 Å². The fourth-order valence-corrected chi connectivity index (χ4v) is 4.63. The molecule has 0 atom stereocenters. The van der Waals surface area contributed by atoms with Crippen molar-refractivity contribution < 1.29 is 10.2 Å². The molecule has 0 saturated heterocycles. The fraction of sp³-hybridized carbons (Fsp3) is 0.280. The highest BCUT2D eigenvalue weighted by atomic mass is 16.3. The van der Waals surface area contributed by atoms with Crippen molar-refractivity contribution >= 4 is 21.8 Å². The predicted octanol–water partition coefficient (Wildman–Crippen LogP) is 4.31. The number of hydrogen-bond acceptors (Lipinski definition) is 4. The van der Waals surface area contributed by atoms with E-state index in [1.54, 1.807) is 45.5 Å².